The first-order chi connectivity index (χ1) is 16.2. The first-order valence-corrected chi connectivity index (χ1v) is 12.2. The molecule has 0 radical (unpaired) electrons. The molecule has 0 fully saturated rings. The number of nitrogens with zero attached hydrogens (tertiary/aromatic N) is 2. The van der Waals surface area contributed by atoms with Crippen LogP contribution in [0.25, 0.3) is 21.3 Å². The van der Waals surface area contributed by atoms with Crippen LogP contribution in [0.1, 0.15) is 47.3 Å². The summed E-state index contributed by atoms with van der Waals surface area (Å²) in [5.41, 5.74) is 4.00. The maximum atomic E-state index is 12.9. The number of aromatic amines is 1. The number of pyridine rings is 1. The first-order valence-electron chi connectivity index (χ1n) is 11.4. The number of carbonyl (C=O) groups is 1. The van der Waals surface area contributed by atoms with Gasteiger partial charge in [-0.15, -0.1) is 11.3 Å². The second-order valence-electron chi connectivity index (χ2n) is 9.30. The van der Waals surface area contributed by atoms with E-state index >= 15 is 0 Å². The van der Waals surface area contributed by atoms with Crippen molar-refractivity contribution in [2.75, 3.05) is 11.4 Å². The fourth-order valence-corrected chi connectivity index (χ4v) is 5.71. The van der Waals surface area contributed by atoms with Crippen molar-refractivity contribution in [3.05, 3.63) is 74.6 Å². The van der Waals surface area contributed by atoms with Crippen LogP contribution in [0.2, 0.25) is 0 Å². The number of anilines is 1. The van der Waals surface area contributed by atoms with E-state index in [2.05, 4.69) is 45.5 Å². The van der Waals surface area contributed by atoms with Gasteiger partial charge in [-0.3, -0.25) is 9.59 Å². The summed E-state index contributed by atoms with van der Waals surface area (Å²) in [6.45, 7) is 7.47. The largest absolute Gasteiger partial charge is 0.385 e. The molecule has 4 heterocycles. The molecule has 1 aliphatic heterocycles. The lowest BCUT2D eigenvalue weighted by molar-refractivity contribution is 0.0825. The highest BCUT2D eigenvalue weighted by atomic mass is 32.1. The Bertz CT molecular complexity index is 1450. The van der Waals surface area contributed by atoms with Crippen LogP contribution in [0, 0.1) is 0 Å². The summed E-state index contributed by atoms with van der Waals surface area (Å²) in [5, 5.41) is 14.3. The number of aliphatic hydroxyl groups is 1. The molecule has 0 atom stereocenters. The molecule has 0 saturated carbocycles. The SMILES string of the molecule is CCNC(=O)c1cc2c(-c3sc(C(C)(C)O)cc3N3Cc4ccccc4C3)cn(C)c(=O)c2[nH]1. The van der Waals surface area contributed by atoms with Gasteiger partial charge in [0.25, 0.3) is 11.5 Å². The topological polar surface area (TPSA) is 90.4 Å². The van der Waals surface area contributed by atoms with Crippen LogP contribution in [-0.2, 0) is 25.7 Å². The van der Waals surface area contributed by atoms with E-state index in [4.69, 9.17) is 0 Å². The molecule has 3 aromatic heterocycles. The molecule has 7 nitrogen and oxygen atoms in total. The lowest BCUT2D eigenvalue weighted by atomic mass is 10.1. The van der Waals surface area contributed by atoms with Gasteiger partial charge < -0.3 is 24.9 Å². The molecule has 1 amide bonds. The smallest absolute Gasteiger partial charge is 0.274 e. The Kier molecular flexibility index (Phi) is 5.37. The third-order valence-electron chi connectivity index (χ3n) is 6.29. The highest BCUT2D eigenvalue weighted by Gasteiger charge is 2.29. The minimum Gasteiger partial charge on any atom is -0.385 e. The average Bonchev–Trinajstić information content (AvgIpc) is 3.52. The minimum absolute atomic E-state index is 0.191. The Morgan fingerprint density at radius 3 is 2.50 bits per heavy atom. The average molecular weight is 477 g/mol. The lowest BCUT2D eigenvalue weighted by Gasteiger charge is -2.19. The zero-order chi connectivity index (χ0) is 24.2. The van der Waals surface area contributed by atoms with Crippen molar-refractivity contribution in [3.8, 4) is 10.4 Å². The van der Waals surface area contributed by atoms with Crippen LogP contribution in [0.5, 0.6) is 0 Å². The summed E-state index contributed by atoms with van der Waals surface area (Å²) < 4.78 is 1.54. The van der Waals surface area contributed by atoms with E-state index in [1.807, 2.05) is 13.1 Å². The quantitative estimate of drug-likeness (QED) is 0.405. The zero-order valence-corrected chi connectivity index (χ0v) is 20.5. The van der Waals surface area contributed by atoms with E-state index in [-0.39, 0.29) is 11.5 Å². The maximum absolute atomic E-state index is 12.9. The van der Waals surface area contributed by atoms with Crippen LogP contribution < -0.4 is 15.8 Å². The third-order valence-corrected chi connectivity index (χ3v) is 7.76. The molecule has 34 heavy (non-hydrogen) atoms. The molecule has 0 bridgehead atoms. The molecule has 0 unspecified atom stereocenters. The Hall–Kier alpha value is -3.36. The summed E-state index contributed by atoms with van der Waals surface area (Å²) in [6, 6.07) is 12.2. The Morgan fingerprint density at radius 2 is 1.88 bits per heavy atom. The van der Waals surface area contributed by atoms with E-state index in [9.17, 15) is 14.7 Å². The molecular weight excluding hydrogens is 448 g/mol. The number of amides is 1. The highest BCUT2D eigenvalue weighted by molar-refractivity contribution is 7.16. The van der Waals surface area contributed by atoms with Crippen LogP contribution in [0.3, 0.4) is 0 Å². The van der Waals surface area contributed by atoms with Gasteiger partial charge in [-0.25, -0.2) is 0 Å². The predicted octanol–water partition coefficient (Wildman–Crippen LogP) is 4.09. The van der Waals surface area contributed by atoms with Gasteiger partial charge in [0.05, 0.1) is 16.2 Å². The first kappa shape index (κ1) is 22.4. The number of aromatic nitrogens is 2. The summed E-state index contributed by atoms with van der Waals surface area (Å²) >= 11 is 1.52. The Labute approximate surface area is 201 Å². The second-order valence-corrected chi connectivity index (χ2v) is 10.4. The molecular formula is C26H28N4O3S. The number of thiophene rings is 1. The highest BCUT2D eigenvalue weighted by Crippen LogP contribution is 2.46. The minimum atomic E-state index is -1.01. The van der Waals surface area contributed by atoms with Gasteiger partial charge in [-0.05, 0) is 44.0 Å². The van der Waals surface area contributed by atoms with Gasteiger partial charge >= 0.3 is 0 Å². The van der Waals surface area contributed by atoms with E-state index in [1.54, 1.807) is 31.5 Å². The van der Waals surface area contributed by atoms with Crippen LogP contribution in [-0.4, -0.2) is 27.1 Å². The van der Waals surface area contributed by atoms with Crippen molar-refractivity contribution < 1.29 is 9.90 Å². The van der Waals surface area contributed by atoms with Gasteiger partial charge in [-0.2, -0.15) is 0 Å². The van der Waals surface area contributed by atoms with Crippen molar-refractivity contribution in [2.45, 2.75) is 39.5 Å². The van der Waals surface area contributed by atoms with Crippen molar-refractivity contribution >= 4 is 33.8 Å². The molecule has 1 aromatic carbocycles. The molecule has 4 aromatic rings. The number of H-pyrrole nitrogens is 1. The van der Waals surface area contributed by atoms with E-state index in [1.165, 1.54) is 22.5 Å². The van der Waals surface area contributed by atoms with Gasteiger partial charge in [0.2, 0.25) is 0 Å². The fraction of sp³-hybridized carbons (Fsp3) is 0.308. The van der Waals surface area contributed by atoms with Crippen molar-refractivity contribution in [1.29, 1.82) is 0 Å². The van der Waals surface area contributed by atoms with Crippen molar-refractivity contribution in [2.24, 2.45) is 7.05 Å². The van der Waals surface area contributed by atoms with Crippen molar-refractivity contribution in [3.63, 3.8) is 0 Å². The number of rotatable bonds is 5. The molecule has 1 aliphatic rings. The number of benzene rings is 1. The van der Waals surface area contributed by atoms with Crippen LogP contribution in [0.4, 0.5) is 5.69 Å². The van der Waals surface area contributed by atoms with E-state index < -0.39 is 5.60 Å². The third kappa shape index (κ3) is 3.73. The molecule has 0 saturated heterocycles. The Morgan fingerprint density at radius 1 is 1.21 bits per heavy atom. The monoisotopic (exact) mass is 476 g/mol. The number of fused-ring (bicyclic) bond motifs is 2. The van der Waals surface area contributed by atoms with Gasteiger partial charge in [0, 0.05) is 48.7 Å². The molecule has 8 heteroatoms. The summed E-state index contributed by atoms with van der Waals surface area (Å²) in [5.74, 6) is -0.245. The number of hydrogen-bond donors (Lipinski definition) is 3. The summed E-state index contributed by atoms with van der Waals surface area (Å²) in [7, 11) is 1.72. The number of carbonyl (C=O) groups excluding carboxylic acids is 1. The number of hydrogen-bond acceptors (Lipinski definition) is 5. The van der Waals surface area contributed by atoms with Crippen LogP contribution in [0.15, 0.2) is 47.4 Å². The van der Waals surface area contributed by atoms with Gasteiger partial charge in [-0.1, -0.05) is 24.3 Å². The van der Waals surface area contributed by atoms with Gasteiger partial charge in [0.15, 0.2) is 0 Å². The zero-order valence-electron chi connectivity index (χ0n) is 19.7. The van der Waals surface area contributed by atoms with E-state index in [0.717, 1.165) is 34.1 Å². The predicted molar refractivity (Wildman–Crippen MR) is 136 cm³/mol. The maximum Gasteiger partial charge on any atom is 0.274 e. The molecule has 3 N–H and O–H groups in total. The van der Waals surface area contributed by atoms with Crippen LogP contribution >= 0.6 is 11.3 Å². The lowest BCUT2D eigenvalue weighted by Crippen LogP contribution is -2.23. The molecule has 0 spiro atoms. The molecule has 176 valence electrons. The normalized spacial score (nSPS) is 13.5. The molecule has 5 rings (SSSR count). The van der Waals surface area contributed by atoms with Gasteiger partial charge in [0.1, 0.15) is 11.2 Å². The number of aryl methyl sites for hydroxylation is 1. The molecule has 0 aliphatic carbocycles. The fourth-order valence-electron chi connectivity index (χ4n) is 4.51. The standard InChI is InChI=1S/C26H28N4O3S/c1-5-27-24(31)19-10-17-18(14-29(4)25(32)22(17)28-19)23-20(11-21(34-23)26(2,3)33)30-12-15-8-6-7-9-16(15)13-30/h6-11,14,28,33H,5,12-13H2,1-4H3,(H,27,31). The Balaban J connectivity index is 1.71. The van der Waals surface area contributed by atoms with Crippen molar-refractivity contribution in [1.82, 2.24) is 14.9 Å². The summed E-state index contributed by atoms with van der Waals surface area (Å²) in [4.78, 5) is 32.6. The van der Waals surface area contributed by atoms with E-state index in [0.29, 0.717) is 23.1 Å². The number of nitrogens with one attached hydrogen (secondary N) is 2. The summed E-state index contributed by atoms with van der Waals surface area (Å²) in [6.07, 6.45) is 1.83. The second kappa shape index (κ2) is 8.14.